The lowest BCUT2D eigenvalue weighted by molar-refractivity contribution is 0.0669. The third kappa shape index (κ3) is 3.01. The summed E-state index contributed by atoms with van der Waals surface area (Å²) < 4.78 is 0. The summed E-state index contributed by atoms with van der Waals surface area (Å²) in [6.45, 7) is 2.64. The summed E-state index contributed by atoms with van der Waals surface area (Å²) >= 11 is 5.81. The molecule has 0 spiro atoms. The van der Waals surface area contributed by atoms with Gasteiger partial charge >= 0.3 is 0 Å². The SMILES string of the molecule is CNC[C@H]1CCCN(C(=O)c2cc(Cl)c[nH]2)C1. The average Bonchev–Trinajstić information content (AvgIpc) is 2.76. The van der Waals surface area contributed by atoms with Gasteiger partial charge in [-0.3, -0.25) is 4.79 Å². The Balaban J connectivity index is 1.99. The Labute approximate surface area is 106 Å². The summed E-state index contributed by atoms with van der Waals surface area (Å²) in [5.74, 6) is 0.612. The van der Waals surface area contributed by atoms with Gasteiger partial charge in [-0.05, 0) is 38.4 Å². The molecule has 17 heavy (non-hydrogen) atoms. The molecule has 5 heteroatoms. The topological polar surface area (TPSA) is 48.1 Å². The summed E-state index contributed by atoms with van der Waals surface area (Å²) in [5, 5.41) is 3.75. The molecule has 0 saturated carbocycles. The largest absolute Gasteiger partial charge is 0.356 e. The Morgan fingerprint density at radius 1 is 1.71 bits per heavy atom. The molecule has 2 rings (SSSR count). The lowest BCUT2D eigenvalue weighted by Gasteiger charge is -2.32. The monoisotopic (exact) mass is 255 g/mol. The number of H-pyrrole nitrogens is 1. The van der Waals surface area contributed by atoms with Gasteiger partial charge in [0, 0.05) is 19.3 Å². The maximum atomic E-state index is 12.2. The molecular formula is C12H18ClN3O. The van der Waals surface area contributed by atoms with Gasteiger partial charge in [-0.25, -0.2) is 0 Å². The van der Waals surface area contributed by atoms with Gasteiger partial charge in [-0.15, -0.1) is 0 Å². The molecule has 0 aliphatic carbocycles. The van der Waals surface area contributed by atoms with Gasteiger partial charge < -0.3 is 15.2 Å². The predicted molar refractivity (Wildman–Crippen MR) is 68.4 cm³/mol. The van der Waals surface area contributed by atoms with Crippen LogP contribution in [-0.2, 0) is 0 Å². The number of hydrogen-bond donors (Lipinski definition) is 2. The maximum absolute atomic E-state index is 12.2. The van der Waals surface area contributed by atoms with Crippen LogP contribution in [0.4, 0.5) is 0 Å². The fourth-order valence-electron chi connectivity index (χ4n) is 2.37. The van der Waals surface area contributed by atoms with E-state index in [0.29, 0.717) is 16.6 Å². The number of carbonyl (C=O) groups excluding carboxylic acids is 1. The number of likely N-dealkylation sites (tertiary alicyclic amines) is 1. The zero-order chi connectivity index (χ0) is 12.3. The second-order valence-corrected chi connectivity index (χ2v) is 4.99. The van der Waals surface area contributed by atoms with Crippen LogP contribution in [-0.4, -0.2) is 42.5 Å². The van der Waals surface area contributed by atoms with Crippen molar-refractivity contribution in [1.82, 2.24) is 15.2 Å². The highest BCUT2D eigenvalue weighted by atomic mass is 35.5. The Hall–Kier alpha value is -1.00. The molecule has 1 aromatic rings. The summed E-state index contributed by atoms with van der Waals surface area (Å²) in [6.07, 6.45) is 3.91. The summed E-state index contributed by atoms with van der Waals surface area (Å²) in [5.41, 5.74) is 0.583. The number of carbonyl (C=O) groups is 1. The number of halogens is 1. The minimum Gasteiger partial charge on any atom is -0.356 e. The highest BCUT2D eigenvalue weighted by molar-refractivity contribution is 6.30. The van der Waals surface area contributed by atoms with Crippen molar-refractivity contribution < 1.29 is 4.79 Å². The first kappa shape index (κ1) is 12.5. The number of aromatic nitrogens is 1. The number of aromatic amines is 1. The Morgan fingerprint density at radius 2 is 2.53 bits per heavy atom. The van der Waals surface area contributed by atoms with Crippen LogP contribution in [0.25, 0.3) is 0 Å². The molecule has 1 amide bonds. The quantitative estimate of drug-likeness (QED) is 0.864. The molecular weight excluding hydrogens is 238 g/mol. The lowest BCUT2D eigenvalue weighted by atomic mass is 9.98. The van der Waals surface area contributed by atoms with Crippen molar-refractivity contribution in [2.24, 2.45) is 5.92 Å². The van der Waals surface area contributed by atoms with Crippen molar-refractivity contribution >= 4 is 17.5 Å². The number of amides is 1. The molecule has 1 aliphatic rings. The third-order valence-corrected chi connectivity index (χ3v) is 3.40. The molecule has 2 N–H and O–H groups in total. The van der Waals surface area contributed by atoms with E-state index < -0.39 is 0 Å². The van der Waals surface area contributed by atoms with Crippen LogP contribution in [0.5, 0.6) is 0 Å². The molecule has 1 aromatic heterocycles. The lowest BCUT2D eigenvalue weighted by Crippen LogP contribution is -2.42. The molecule has 0 bridgehead atoms. The second-order valence-electron chi connectivity index (χ2n) is 4.55. The average molecular weight is 256 g/mol. The standard InChI is InChI=1S/C12H18ClN3O/c1-14-6-9-3-2-4-16(8-9)12(17)11-5-10(13)7-15-11/h5,7,9,14-15H,2-4,6,8H2,1H3/t9-/m1/s1. The van der Waals surface area contributed by atoms with E-state index in [1.807, 2.05) is 11.9 Å². The van der Waals surface area contributed by atoms with Crippen LogP contribution in [0.15, 0.2) is 12.3 Å². The van der Waals surface area contributed by atoms with Crippen molar-refractivity contribution in [3.05, 3.63) is 23.0 Å². The highest BCUT2D eigenvalue weighted by Crippen LogP contribution is 2.19. The molecule has 4 nitrogen and oxygen atoms in total. The van der Waals surface area contributed by atoms with Gasteiger partial charge in [0.05, 0.1) is 5.02 Å². The van der Waals surface area contributed by atoms with E-state index in [1.165, 1.54) is 6.42 Å². The van der Waals surface area contributed by atoms with E-state index in [-0.39, 0.29) is 5.91 Å². The van der Waals surface area contributed by atoms with Crippen molar-refractivity contribution in [2.75, 3.05) is 26.7 Å². The zero-order valence-electron chi connectivity index (χ0n) is 10.0. The molecule has 0 aromatic carbocycles. The number of nitrogens with zero attached hydrogens (tertiary/aromatic N) is 1. The van der Waals surface area contributed by atoms with Gasteiger partial charge in [-0.1, -0.05) is 11.6 Å². The molecule has 1 saturated heterocycles. The smallest absolute Gasteiger partial charge is 0.270 e. The fourth-order valence-corrected chi connectivity index (χ4v) is 2.53. The Bertz CT molecular complexity index is 389. The molecule has 94 valence electrons. The zero-order valence-corrected chi connectivity index (χ0v) is 10.8. The number of piperidine rings is 1. The van der Waals surface area contributed by atoms with Crippen LogP contribution >= 0.6 is 11.6 Å². The first-order valence-electron chi connectivity index (χ1n) is 5.98. The first-order chi connectivity index (χ1) is 8.20. The number of hydrogen-bond acceptors (Lipinski definition) is 2. The van der Waals surface area contributed by atoms with E-state index in [2.05, 4.69) is 10.3 Å². The Kier molecular flexibility index (Phi) is 4.07. The summed E-state index contributed by atoms with van der Waals surface area (Å²) in [4.78, 5) is 17.0. The van der Waals surface area contributed by atoms with Crippen LogP contribution in [0, 0.1) is 5.92 Å². The normalized spacial score (nSPS) is 20.6. The van der Waals surface area contributed by atoms with Gasteiger partial charge in [0.15, 0.2) is 0 Å². The molecule has 1 fully saturated rings. The highest BCUT2D eigenvalue weighted by Gasteiger charge is 2.24. The van der Waals surface area contributed by atoms with Crippen LogP contribution < -0.4 is 5.32 Å². The fraction of sp³-hybridized carbons (Fsp3) is 0.583. The van der Waals surface area contributed by atoms with Crippen LogP contribution in [0.1, 0.15) is 23.3 Å². The third-order valence-electron chi connectivity index (χ3n) is 3.18. The minimum atomic E-state index is 0.0534. The summed E-state index contributed by atoms with van der Waals surface area (Å²) in [7, 11) is 1.95. The number of nitrogens with one attached hydrogen (secondary N) is 2. The predicted octanol–water partition coefficient (Wildman–Crippen LogP) is 1.74. The van der Waals surface area contributed by atoms with Crippen molar-refractivity contribution in [3.63, 3.8) is 0 Å². The van der Waals surface area contributed by atoms with Crippen molar-refractivity contribution in [3.8, 4) is 0 Å². The van der Waals surface area contributed by atoms with Crippen LogP contribution in [0.2, 0.25) is 5.02 Å². The summed E-state index contributed by atoms with van der Waals surface area (Å²) in [6, 6.07) is 1.69. The van der Waals surface area contributed by atoms with Gasteiger partial charge in [0.1, 0.15) is 5.69 Å². The van der Waals surface area contributed by atoms with Crippen LogP contribution in [0.3, 0.4) is 0 Å². The maximum Gasteiger partial charge on any atom is 0.270 e. The van der Waals surface area contributed by atoms with E-state index in [9.17, 15) is 4.79 Å². The van der Waals surface area contributed by atoms with E-state index in [1.54, 1.807) is 12.3 Å². The minimum absolute atomic E-state index is 0.0534. The van der Waals surface area contributed by atoms with Crippen molar-refractivity contribution in [1.29, 1.82) is 0 Å². The van der Waals surface area contributed by atoms with Crippen molar-refractivity contribution in [2.45, 2.75) is 12.8 Å². The van der Waals surface area contributed by atoms with Gasteiger partial charge in [-0.2, -0.15) is 0 Å². The molecule has 1 aliphatic heterocycles. The molecule has 0 unspecified atom stereocenters. The van der Waals surface area contributed by atoms with Gasteiger partial charge in [0.2, 0.25) is 0 Å². The molecule has 0 radical (unpaired) electrons. The van der Waals surface area contributed by atoms with E-state index in [4.69, 9.17) is 11.6 Å². The Morgan fingerprint density at radius 3 is 3.18 bits per heavy atom. The molecule has 1 atom stereocenters. The van der Waals surface area contributed by atoms with Gasteiger partial charge in [0.25, 0.3) is 5.91 Å². The van der Waals surface area contributed by atoms with E-state index >= 15 is 0 Å². The molecule has 2 heterocycles. The van der Waals surface area contributed by atoms with E-state index in [0.717, 1.165) is 26.1 Å². The first-order valence-corrected chi connectivity index (χ1v) is 6.36. The second kappa shape index (κ2) is 5.56. The number of rotatable bonds is 3.